The van der Waals surface area contributed by atoms with E-state index >= 15 is 0 Å². The van der Waals surface area contributed by atoms with Crippen LogP contribution in [0.4, 0.5) is 0 Å². The Balaban J connectivity index is 2.11. The van der Waals surface area contributed by atoms with Crippen molar-refractivity contribution >= 4 is 0 Å². The lowest BCUT2D eigenvalue weighted by atomic mass is 10.1. The molecule has 2 aliphatic rings. The van der Waals surface area contributed by atoms with Gasteiger partial charge in [0.05, 0.1) is 0 Å². The summed E-state index contributed by atoms with van der Waals surface area (Å²) >= 11 is 0. The molecule has 4 atom stereocenters. The number of rotatable bonds is 1. The summed E-state index contributed by atoms with van der Waals surface area (Å²) in [5.41, 5.74) is 0. The molecule has 0 amide bonds. The Morgan fingerprint density at radius 3 is 2.62 bits per heavy atom. The van der Waals surface area contributed by atoms with Crippen LogP contribution in [0.25, 0.3) is 0 Å². The molecular formula is C9H14O4. The van der Waals surface area contributed by atoms with Crippen LogP contribution in [0.5, 0.6) is 0 Å². The van der Waals surface area contributed by atoms with E-state index in [1.165, 1.54) is 0 Å². The first-order valence-electron chi connectivity index (χ1n) is 4.35. The molecule has 2 heterocycles. The van der Waals surface area contributed by atoms with E-state index in [1.807, 2.05) is 0 Å². The second kappa shape index (κ2) is 2.78. The van der Waals surface area contributed by atoms with E-state index in [1.54, 1.807) is 19.9 Å². The predicted octanol–water partition coefficient (Wildman–Crippen LogP) is 0.410. The van der Waals surface area contributed by atoms with Gasteiger partial charge in [-0.3, -0.25) is 0 Å². The molecule has 2 rings (SSSR count). The van der Waals surface area contributed by atoms with Gasteiger partial charge in [0.1, 0.15) is 18.3 Å². The molecule has 0 aromatic heterocycles. The Kier molecular flexibility index (Phi) is 1.96. The van der Waals surface area contributed by atoms with Gasteiger partial charge in [-0.15, -0.1) is 6.58 Å². The second-order valence-electron chi connectivity index (χ2n) is 3.80. The van der Waals surface area contributed by atoms with E-state index in [0.717, 1.165) is 0 Å². The molecule has 0 unspecified atom stereocenters. The standard InChI is InChI=1S/C9H14O4/c1-4-5-6(10)7-8(11-5)13-9(2,3)12-7/h4-8,10H,1H2,2-3H3/t5-,6-,7-,8+/m0/s1. The monoisotopic (exact) mass is 186 g/mol. The summed E-state index contributed by atoms with van der Waals surface area (Å²) in [5.74, 6) is -0.664. The third-order valence-electron chi connectivity index (χ3n) is 2.28. The van der Waals surface area contributed by atoms with Crippen molar-refractivity contribution in [3.63, 3.8) is 0 Å². The van der Waals surface area contributed by atoms with E-state index < -0.39 is 24.3 Å². The van der Waals surface area contributed by atoms with Crippen molar-refractivity contribution in [1.29, 1.82) is 0 Å². The molecule has 0 bridgehead atoms. The third kappa shape index (κ3) is 1.40. The molecule has 13 heavy (non-hydrogen) atoms. The molecule has 2 fully saturated rings. The predicted molar refractivity (Wildman–Crippen MR) is 44.9 cm³/mol. The van der Waals surface area contributed by atoms with E-state index in [2.05, 4.69) is 6.58 Å². The van der Waals surface area contributed by atoms with Crippen LogP contribution in [0.15, 0.2) is 12.7 Å². The highest BCUT2D eigenvalue weighted by molar-refractivity contribution is 4.99. The third-order valence-corrected chi connectivity index (χ3v) is 2.28. The highest BCUT2D eigenvalue weighted by Crippen LogP contribution is 2.37. The number of hydrogen-bond acceptors (Lipinski definition) is 4. The number of fused-ring (bicyclic) bond motifs is 1. The molecule has 0 aromatic rings. The highest BCUT2D eigenvalue weighted by atomic mass is 16.8. The molecule has 1 N–H and O–H groups in total. The summed E-state index contributed by atoms with van der Waals surface area (Å²) in [6, 6.07) is 0. The van der Waals surface area contributed by atoms with Crippen molar-refractivity contribution < 1.29 is 19.3 Å². The van der Waals surface area contributed by atoms with Gasteiger partial charge in [-0.05, 0) is 13.8 Å². The van der Waals surface area contributed by atoms with Crippen LogP contribution in [-0.4, -0.2) is 35.5 Å². The fraction of sp³-hybridized carbons (Fsp3) is 0.778. The zero-order valence-corrected chi connectivity index (χ0v) is 7.77. The maximum absolute atomic E-state index is 9.69. The van der Waals surface area contributed by atoms with Crippen LogP contribution in [0.3, 0.4) is 0 Å². The molecule has 0 radical (unpaired) electrons. The fourth-order valence-corrected chi connectivity index (χ4v) is 1.71. The summed E-state index contributed by atoms with van der Waals surface area (Å²) in [4.78, 5) is 0. The smallest absolute Gasteiger partial charge is 0.190 e. The Labute approximate surface area is 77.1 Å². The van der Waals surface area contributed by atoms with Gasteiger partial charge in [0.15, 0.2) is 12.1 Å². The van der Waals surface area contributed by atoms with E-state index in [0.29, 0.717) is 0 Å². The normalized spacial score (nSPS) is 47.6. The van der Waals surface area contributed by atoms with Gasteiger partial charge in [0.25, 0.3) is 0 Å². The van der Waals surface area contributed by atoms with Crippen molar-refractivity contribution in [2.75, 3.05) is 0 Å². The Morgan fingerprint density at radius 2 is 2.08 bits per heavy atom. The van der Waals surface area contributed by atoms with Gasteiger partial charge >= 0.3 is 0 Å². The first-order valence-corrected chi connectivity index (χ1v) is 4.35. The van der Waals surface area contributed by atoms with Crippen molar-refractivity contribution in [2.45, 2.75) is 44.2 Å². The second-order valence-corrected chi connectivity index (χ2v) is 3.80. The maximum Gasteiger partial charge on any atom is 0.190 e. The van der Waals surface area contributed by atoms with Gasteiger partial charge in [0, 0.05) is 0 Å². The number of ether oxygens (including phenoxy) is 3. The summed E-state index contributed by atoms with van der Waals surface area (Å²) in [5, 5.41) is 9.69. The minimum absolute atomic E-state index is 0.383. The average Bonchev–Trinajstić information content (AvgIpc) is 2.47. The van der Waals surface area contributed by atoms with Gasteiger partial charge in [-0.25, -0.2) is 0 Å². The van der Waals surface area contributed by atoms with E-state index in [-0.39, 0.29) is 6.10 Å². The topological polar surface area (TPSA) is 47.9 Å². The number of aliphatic hydroxyl groups excluding tert-OH is 1. The first kappa shape index (κ1) is 9.15. The first-order chi connectivity index (χ1) is 6.03. The van der Waals surface area contributed by atoms with Crippen LogP contribution in [0, 0.1) is 0 Å². The Bertz CT molecular complexity index is 226. The zero-order chi connectivity index (χ0) is 9.64. The van der Waals surface area contributed by atoms with Gasteiger partial charge in [-0.2, -0.15) is 0 Å². The maximum atomic E-state index is 9.69. The number of hydrogen-bond donors (Lipinski definition) is 1. The van der Waals surface area contributed by atoms with Gasteiger partial charge < -0.3 is 19.3 Å². The highest BCUT2D eigenvalue weighted by Gasteiger charge is 2.53. The lowest BCUT2D eigenvalue weighted by Crippen LogP contribution is -2.33. The molecule has 74 valence electrons. The van der Waals surface area contributed by atoms with Crippen LogP contribution >= 0.6 is 0 Å². The zero-order valence-electron chi connectivity index (χ0n) is 7.77. The minimum Gasteiger partial charge on any atom is -0.387 e. The lowest BCUT2D eigenvalue weighted by molar-refractivity contribution is -0.209. The molecule has 2 aliphatic heterocycles. The lowest BCUT2D eigenvalue weighted by Gasteiger charge is -2.21. The molecule has 2 saturated heterocycles. The number of aliphatic hydroxyl groups is 1. The van der Waals surface area contributed by atoms with Crippen LogP contribution in [0.2, 0.25) is 0 Å². The van der Waals surface area contributed by atoms with E-state index in [9.17, 15) is 5.11 Å². The van der Waals surface area contributed by atoms with Crippen LogP contribution in [0.1, 0.15) is 13.8 Å². The van der Waals surface area contributed by atoms with Gasteiger partial charge in [-0.1, -0.05) is 6.08 Å². The molecule has 0 saturated carbocycles. The van der Waals surface area contributed by atoms with Crippen LogP contribution in [-0.2, 0) is 14.2 Å². The van der Waals surface area contributed by atoms with Crippen LogP contribution < -0.4 is 0 Å². The van der Waals surface area contributed by atoms with Crippen molar-refractivity contribution in [3.05, 3.63) is 12.7 Å². The quantitative estimate of drug-likeness (QED) is 0.602. The molecule has 4 heteroatoms. The summed E-state index contributed by atoms with van der Waals surface area (Å²) < 4.78 is 16.3. The SMILES string of the molecule is C=C[C@@H]1O[C@@H]2OC(C)(C)O[C@H]2[C@H]1O. The summed E-state index contributed by atoms with van der Waals surface area (Å²) in [7, 11) is 0. The molecule has 0 spiro atoms. The summed E-state index contributed by atoms with van der Waals surface area (Å²) in [6.07, 6.45) is -0.357. The Hall–Kier alpha value is -0.420. The summed E-state index contributed by atoms with van der Waals surface area (Å²) in [6.45, 7) is 7.15. The van der Waals surface area contributed by atoms with Crippen molar-refractivity contribution in [3.8, 4) is 0 Å². The minimum atomic E-state index is -0.677. The fourth-order valence-electron chi connectivity index (χ4n) is 1.71. The van der Waals surface area contributed by atoms with E-state index in [4.69, 9.17) is 14.2 Å². The largest absolute Gasteiger partial charge is 0.387 e. The average molecular weight is 186 g/mol. The Morgan fingerprint density at radius 1 is 1.38 bits per heavy atom. The molecular weight excluding hydrogens is 172 g/mol. The van der Waals surface area contributed by atoms with Crippen molar-refractivity contribution in [2.24, 2.45) is 0 Å². The van der Waals surface area contributed by atoms with Gasteiger partial charge in [0.2, 0.25) is 0 Å². The molecule has 0 aliphatic carbocycles. The van der Waals surface area contributed by atoms with Crippen molar-refractivity contribution in [1.82, 2.24) is 0 Å². The molecule has 4 nitrogen and oxygen atoms in total. The molecule has 0 aromatic carbocycles.